The van der Waals surface area contributed by atoms with Gasteiger partial charge in [-0.2, -0.15) is 0 Å². The van der Waals surface area contributed by atoms with Gasteiger partial charge in [-0.1, -0.05) is 60.7 Å². The molecule has 0 aromatic heterocycles. The SMILES string of the molecule is CN(CCc1ccccc1)C(=O)[C@H](Cc1ccccc1)NC(=O)O. The van der Waals surface area contributed by atoms with Crippen LogP contribution in [0, 0.1) is 0 Å². The second-order valence-electron chi connectivity index (χ2n) is 5.69. The fourth-order valence-electron chi connectivity index (χ4n) is 2.52. The van der Waals surface area contributed by atoms with Crippen molar-refractivity contribution in [2.75, 3.05) is 13.6 Å². The van der Waals surface area contributed by atoms with E-state index in [1.807, 2.05) is 60.7 Å². The van der Waals surface area contributed by atoms with Gasteiger partial charge in [0.2, 0.25) is 5.91 Å². The van der Waals surface area contributed by atoms with Crippen LogP contribution >= 0.6 is 0 Å². The summed E-state index contributed by atoms with van der Waals surface area (Å²) >= 11 is 0. The zero-order valence-electron chi connectivity index (χ0n) is 13.7. The Morgan fingerprint density at radius 1 is 1.00 bits per heavy atom. The first-order valence-electron chi connectivity index (χ1n) is 7.88. The molecule has 0 saturated heterocycles. The van der Waals surface area contributed by atoms with Crippen molar-refractivity contribution in [1.29, 1.82) is 0 Å². The summed E-state index contributed by atoms with van der Waals surface area (Å²) in [5.41, 5.74) is 2.06. The molecule has 0 aliphatic carbocycles. The van der Waals surface area contributed by atoms with Crippen LogP contribution in [-0.2, 0) is 17.6 Å². The molecule has 2 aromatic rings. The van der Waals surface area contributed by atoms with Crippen LogP contribution in [0.3, 0.4) is 0 Å². The molecule has 1 atom stereocenters. The van der Waals surface area contributed by atoms with Crippen LogP contribution in [0.1, 0.15) is 11.1 Å². The predicted octanol–water partition coefficient (Wildman–Crippen LogP) is 2.57. The lowest BCUT2D eigenvalue weighted by molar-refractivity contribution is -0.131. The molecule has 5 nitrogen and oxygen atoms in total. The maximum Gasteiger partial charge on any atom is 0.405 e. The molecule has 2 rings (SSSR count). The minimum Gasteiger partial charge on any atom is -0.465 e. The van der Waals surface area contributed by atoms with Gasteiger partial charge < -0.3 is 15.3 Å². The highest BCUT2D eigenvalue weighted by atomic mass is 16.4. The summed E-state index contributed by atoms with van der Waals surface area (Å²) in [6.07, 6.45) is -0.128. The largest absolute Gasteiger partial charge is 0.465 e. The van der Waals surface area contributed by atoms with E-state index in [-0.39, 0.29) is 5.91 Å². The Kier molecular flexibility index (Phi) is 6.37. The molecule has 0 heterocycles. The van der Waals surface area contributed by atoms with Crippen molar-refractivity contribution in [2.45, 2.75) is 18.9 Å². The number of carbonyl (C=O) groups is 2. The van der Waals surface area contributed by atoms with Crippen LogP contribution < -0.4 is 5.32 Å². The highest BCUT2D eigenvalue weighted by molar-refractivity contribution is 5.85. The first-order valence-corrected chi connectivity index (χ1v) is 7.88. The zero-order chi connectivity index (χ0) is 17.4. The smallest absolute Gasteiger partial charge is 0.405 e. The summed E-state index contributed by atoms with van der Waals surface area (Å²) < 4.78 is 0. The van der Waals surface area contributed by atoms with Gasteiger partial charge in [-0.15, -0.1) is 0 Å². The molecule has 0 saturated carbocycles. The third-order valence-electron chi connectivity index (χ3n) is 3.83. The molecular weight excluding hydrogens is 304 g/mol. The van der Waals surface area contributed by atoms with Crippen molar-refractivity contribution < 1.29 is 14.7 Å². The fraction of sp³-hybridized carbons (Fsp3) is 0.263. The van der Waals surface area contributed by atoms with Crippen LogP contribution in [-0.4, -0.2) is 41.6 Å². The van der Waals surface area contributed by atoms with Gasteiger partial charge in [-0.05, 0) is 17.5 Å². The van der Waals surface area contributed by atoms with E-state index >= 15 is 0 Å². The van der Waals surface area contributed by atoms with E-state index < -0.39 is 12.1 Å². The minimum absolute atomic E-state index is 0.225. The maximum atomic E-state index is 12.6. The molecule has 5 heteroatoms. The molecule has 0 aliphatic rings. The highest BCUT2D eigenvalue weighted by Gasteiger charge is 2.24. The van der Waals surface area contributed by atoms with Gasteiger partial charge in [0.25, 0.3) is 0 Å². The molecule has 0 fully saturated rings. The van der Waals surface area contributed by atoms with Crippen molar-refractivity contribution in [3.8, 4) is 0 Å². The Bertz CT molecular complexity index is 659. The Labute approximate surface area is 141 Å². The lowest BCUT2D eigenvalue weighted by atomic mass is 10.0. The van der Waals surface area contributed by atoms with Crippen LogP contribution in [0.2, 0.25) is 0 Å². The van der Waals surface area contributed by atoms with Crippen molar-refractivity contribution in [2.24, 2.45) is 0 Å². The number of hydrogen-bond acceptors (Lipinski definition) is 2. The van der Waals surface area contributed by atoms with Crippen molar-refractivity contribution in [3.63, 3.8) is 0 Å². The van der Waals surface area contributed by atoms with E-state index in [0.29, 0.717) is 13.0 Å². The molecule has 0 bridgehead atoms. The van der Waals surface area contributed by atoms with Gasteiger partial charge >= 0.3 is 6.09 Å². The van der Waals surface area contributed by atoms with Gasteiger partial charge in [-0.25, -0.2) is 4.79 Å². The average molecular weight is 326 g/mol. The Balaban J connectivity index is 1.99. The zero-order valence-corrected chi connectivity index (χ0v) is 13.7. The summed E-state index contributed by atoms with van der Waals surface area (Å²) in [6, 6.07) is 18.5. The molecule has 0 unspecified atom stereocenters. The monoisotopic (exact) mass is 326 g/mol. The molecule has 2 N–H and O–H groups in total. The summed E-state index contributed by atoms with van der Waals surface area (Å²) in [7, 11) is 1.70. The molecule has 24 heavy (non-hydrogen) atoms. The topological polar surface area (TPSA) is 69.6 Å². The summed E-state index contributed by atoms with van der Waals surface area (Å²) in [4.78, 5) is 25.2. The average Bonchev–Trinajstić information content (AvgIpc) is 2.60. The number of hydrogen-bond donors (Lipinski definition) is 2. The molecule has 126 valence electrons. The number of nitrogens with zero attached hydrogens (tertiary/aromatic N) is 1. The number of nitrogens with one attached hydrogen (secondary N) is 1. The Hall–Kier alpha value is -2.82. The quantitative estimate of drug-likeness (QED) is 0.821. The number of benzene rings is 2. The molecule has 2 aromatic carbocycles. The predicted molar refractivity (Wildman–Crippen MR) is 92.9 cm³/mol. The normalized spacial score (nSPS) is 11.5. The van der Waals surface area contributed by atoms with Crippen molar-refractivity contribution in [3.05, 3.63) is 71.8 Å². The van der Waals surface area contributed by atoms with Gasteiger partial charge in [0, 0.05) is 20.0 Å². The molecular formula is C19H22N2O3. The molecule has 0 aliphatic heterocycles. The maximum absolute atomic E-state index is 12.6. The van der Waals surface area contributed by atoms with E-state index in [9.17, 15) is 9.59 Å². The molecule has 2 amide bonds. The van der Waals surface area contributed by atoms with Crippen molar-refractivity contribution >= 4 is 12.0 Å². The van der Waals surface area contributed by atoms with Crippen LogP contribution in [0.25, 0.3) is 0 Å². The lowest BCUT2D eigenvalue weighted by Crippen LogP contribution is -2.48. The van der Waals surface area contributed by atoms with E-state index in [1.54, 1.807) is 11.9 Å². The second-order valence-corrected chi connectivity index (χ2v) is 5.69. The van der Waals surface area contributed by atoms with Crippen LogP contribution in [0.4, 0.5) is 4.79 Å². The van der Waals surface area contributed by atoms with Gasteiger partial charge in [0.15, 0.2) is 0 Å². The van der Waals surface area contributed by atoms with E-state index in [4.69, 9.17) is 5.11 Å². The third kappa shape index (κ3) is 5.43. The number of likely N-dealkylation sites (N-methyl/N-ethyl adjacent to an activating group) is 1. The number of carboxylic acid groups (broad SMARTS) is 1. The van der Waals surface area contributed by atoms with Crippen molar-refractivity contribution in [1.82, 2.24) is 10.2 Å². The second kappa shape index (κ2) is 8.72. The summed E-state index contributed by atoms with van der Waals surface area (Å²) in [5, 5.41) is 11.4. The molecule has 0 radical (unpaired) electrons. The van der Waals surface area contributed by atoms with Gasteiger partial charge in [0.05, 0.1) is 0 Å². The fourth-order valence-corrected chi connectivity index (χ4v) is 2.52. The number of carbonyl (C=O) groups excluding carboxylic acids is 1. The van der Waals surface area contributed by atoms with Crippen LogP contribution in [0.15, 0.2) is 60.7 Å². The first-order chi connectivity index (χ1) is 11.6. The Morgan fingerprint density at radius 3 is 2.08 bits per heavy atom. The van der Waals surface area contributed by atoms with Gasteiger partial charge in [-0.3, -0.25) is 4.79 Å². The lowest BCUT2D eigenvalue weighted by Gasteiger charge is -2.24. The number of amides is 2. The van der Waals surface area contributed by atoms with Crippen LogP contribution in [0.5, 0.6) is 0 Å². The minimum atomic E-state index is -1.19. The van der Waals surface area contributed by atoms with E-state index in [2.05, 4.69) is 5.32 Å². The highest BCUT2D eigenvalue weighted by Crippen LogP contribution is 2.07. The third-order valence-corrected chi connectivity index (χ3v) is 3.83. The van der Waals surface area contributed by atoms with E-state index in [1.165, 1.54) is 0 Å². The number of rotatable bonds is 7. The first kappa shape index (κ1) is 17.5. The van der Waals surface area contributed by atoms with E-state index in [0.717, 1.165) is 17.5 Å². The Morgan fingerprint density at radius 2 is 1.54 bits per heavy atom. The molecule has 0 spiro atoms. The summed E-state index contributed by atoms with van der Waals surface area (Å²) in [5.74, 6) is -0.225. The standard InChI is InChI=1S/C19H22N2O3/c1-21(13-12-15-8-4-2-5-9-15)18(22)17(20-19(23)24)14-16-10-6-3-7-11-16/h2-11,17,20H,12-14H2,1H3,(H,23,24)/t17-/m0/s1. The summed E-state index contributed by atoms with van der Waals surface area (Å²) in [6.45, 7) is 0.537. The van der Waals surface area contributed by atoms with Gasteiger partial charge in [0.1, 0.15) is 6.04 Å².